The van der Waals surface area contributed by atoms with Gasteiger partial charge in [0, 0.05) is 0 Å². The van der Waals surface area contributed by atoms with Crippen LogP contribution in [0.5, 0.6) is 0 Å². The lowest BCUT2D eigenvalue weighted by atomic mass is 10.3. The maximum absolute atomic E-state index is 2.42. The Labute approximate surface area is 140 Å². The Morgan fingerprint density at radius 3 is 0.944 bits per heavy atom. The van der Waals surface area contributed by atoms with Crippen LogP contribution in [0.3, 0.4) is 0 Å². The Morgan fingerprint density at radius 1 is 0.611 bits per heavy atom. The summed E-state index contributed by atoms with van der Waals surface area (Å²) in [7, 11) is 0.463. The summed E-state index contributed by atoms with van der Waals surface area (Å²) in [4.78, 5) is 0. The first kappa shape index (κ1) is 24.8. The van der Waals surface area contributed by atoms with Gasteiger partial charge in [0.1, 0.15) is 0 Å². The lowest BCUT2D eigenvalue weighted by Gasteiger charge is -2.35. The third-order valence-corrected chi connectivity index (χ3v) is 10.5. The number of halogens is 2. The van der Waals surface area contributed by atoms with Crippen molar-refractivity contribution in [2.45, 2.75) is 65.7 Å². The summed E-state index contributed by atoms with van der Waals surface area (Å²) in [6.45, 7) is 19.3. The van der Waals surface area contributed by atoms with E-state index in [2.05, 4.69) is 55.4 Å². The molecule has 0 radical (unpaired) electrons. The van der Waals surface area contributed by atoms with Crippen molar-refractivity contribution in [2.24, 2.45) is 0 Å². The highest BCUT2D eigenvalue weighted by Crippen LogP contribution is 2.55. The monoisotopic (exact) mass is 422 g/mol. The van der Waals surface area contributed by atoms with Gasteiger partial charge in [-0.15, -0.1) is 49.8 Å². The second-order valence-electron chi connectivity index (χ2n) is 6.50. The number of rotatable bonds is 5. The normalized spacial score (nSPS) is 15.3. The van der Waals surface area contributed by atoms with Crippen LogP contribution < -0.4 is 0 Å². The van der Waals surface area contributed by atoms with Crippen LogP contribution in [-0.4, -0.2) is 35.0 Å². The quantitative estimate of drug-likeness (QED) is 0.429. The molecule has 2 unspecified atom stereocenters. The van der Waals surface area contributed by atoms with Gasteiger partial charge in [-0.3, -0.25) is 0 Å². The lowest BCUT2D eigenvalue weighted by Crippen LogP contribution is -2.19. The molecule has 0 saturated carbocycles. The number of hydrogen-bond acceptors (Lipinski definition) is 0. The van der Waals surface area contributed by atoms with Crippen LogP contribution in [0.2, 0.25) is 0 Å². The third kappa shape index (κ3) is 9.68. The van der Waals surface area contributed by atoms with Gasteiger partial charge in [0.25, 0.3) is 0 Å². The first-order valence-electron chi connectivity index (χ1n) is 6.63. The van der Waals surface area contributed by atoms with E-state index in [1.807, 2.05) is 0 Å². The minimum atomic E-state index is 0. The van der Waals surface area contributed by atoms with Gasteiger partial charge in [0.15, 0.2) is 0 Å². The van der Waals surface area contributed by atoms with Gasteiger partial charge in [0.05, 0.1) is 0 Å². The molecule has 0 bridgehead atoms. The highest BCUT2D eigenvalue weighted by atomic mass is 79.9. The molecular weight excluding hydrogens is 390 g/mol. The van der Waals surface area contributed by atoms with Gasteiger partial charge < -0.3 is 0 Å². The van der Waals surface area contributed by atoms with E-state index in [-0.39, 0.29) is 49.8 Å². The molecule has 0 N–H and O–H groups in total. The van der Waals surface area contributed by atoms with Gasteiger partial charge in [-0.2, -0.15) is 0 Å². The van der Waals surface area contributed by atoms with Crippen molar-refractivity contribution < 1.29 is 0 Å². The zero-order chi connectivity index (χ0) is 13.0. The predicted octanol–water partition coefficient (Wildman–Crippen LogP) is 6.74. The predicted molar refractivity (Wildman–Crippen MR) is 105 cm³/mol. The highest BCUT2D eigenvalue weighted by molar-refractivity contribution is 8.93. The molecule has 0 aromatic rings. The Bertz CT molecular complexity index is 173. The Balaban J connectivity index is -0.00000112. The zero-order valence-electron chi connectivity index (χ0n) is 13.5. The Morgan fingerprint density at radius 2 is 0.833 bits per heavy atom. The molecule has 18 heavy (non-hydrogen) atoms. The van der Waals surface area contributed by atoms with Gasteiger partial charge >= 0.3 is 0 Å². The molecule has 0 aromatic carbocycles. The molecule has 0 aliphatic rings. The number of hydrogen-bond donors (Lipinski definition) is 0. The molecular formula is C14H34Br2P2. The van der Waals surface area contributed by atoms with E-state index in [1.54, 1.807) is 0 Å². The second-order valence-corrected chi connectivity index (χ2v) is 13.5. The van der Waals surface area contributed by atoms with E-state index in [0.717, 1.165) is 0 Å². The molecule has 0 saturated heterocycles. The molecule has 4 heteroatoms. The maximum atomic E-state index is 2.42. The third-order valence-electron chi connectivity index (χ3n) is 3.30. The summed E-state index contributed by atoms with van der Waals surface area (Å²) < 4.78 is 0. The van der Waals surface area contributed by atoms with Crippen molar-refractivity contribution in [3.63, 3.8) is 0 Å². The van der Waals surface area contributed by atoms with E-state index >= 15 is 0 Å². The second kappa shape index (κ2) is 10.5. The smallest absolute Gasteiger partial charge is 0.0179 e. The van der Waals surface area contributed by atoms with Crippen LogP contribution in [0.1, 0.15) is 55.4 Å². The molecule has 0 nitrogen and oxygen atoms in total. The standard InChI is InChI=1S/C14H32P2.2BrH/c1-9-15(13(3,4)5)11-12-16(10-2)14(6,7)8;;/h9-12H2,1-8H3;2*1H. The van der Waals surface area contributed by atoms with Crippen LogP contribution in [0.4, 0.5) is 0 Å². The van der Waals surface area contributed by atoms with E-state index in [9.17, 15) is 0 Å². The van der Waals surface area contributed by atoms with E-state index in [1.165, 1.54) is 24.6 Å². The van der Waals surface area contributed by atoms with Crippen molar-refractivity contribution in [3.05, 3.63) is 0 Å². The fourth-order valence-electron chi connectivity index (χ4n) is 2.18. The Kier molecular flexibility index (Phi) is 14.5. The van der Waals surface area contributed by atoms with Gasteiger partial charge in [-0.05, 0) is 35.0 Å². The minimum absolute atomic E-state index is 0. The van der Waals surface area contributed by atoms with Gasteiger partial charge in [0.2, 0.25) is 0 Å². The molecule has 0 rings (SSSR count). The van der Waals surface area contributed by atoms with Crippen LogP contribution in [0, 0.1) is 0 Å². The molecule has 0 aliphatic heterocycles. The molecule has 0 amide bonds. The van der Waals surface area contributed by atoms with Gasteiger partial charge in [-0.25, -0.2) is 0 Å². The SMILES string of the molecule is Br.Br.CCP(CCP(CC)C(C)(C)C)C(C)(C)C. The van der Waals surface area contributed by atoms with Crippen molar-refractivity contribution >= 4 is 49.8 Å². The lowest BCUT2D eigenvalue weighted by molar-refractivity contribution is 0.773. The molecule has 0 aliphatic carbocycles. The molecule has 114 valence electrons. The van der Waals surface area contributed by atoms with Crippen molar-refractivity contribution in [1.29, 1.82) is 0 Å². The first-order valence-corrected chi connectivity index (χ1v) is 10.1. The summed E-state index contributed by atoms with van der Waals surface area (Å²) >= 11 is 0. The molecule has 0 fully saturated rings. The molecule has 0 spiro atoms. The van der Waals surface area contributed by atoms with Crippen molar-refractivity contribution in [3.8, 4) is 0 Å². The maximum Gasteiger partial charge on any atom is -0.0179 e. The van der Waals surface area contributed by atoms with E-state index < -0.39 is 0 Å². The van der Waals surface area contributed by atoms with Crippen molar-refractivity contribution in [2.75, 3.05) is 24.6 Å². The first-order chi connectivity index (χ1) is 7.12. The molecule has 0 heterocycles. The minimum Gasteiger partial charge on any atom is -0.114 e. The fraction of sp³-hybridized carbons (Fsp3) is 1.00. The topological polar surface area (TPSA) is 0 Å². The van der Waals surface area contributed by atoms with Gasteiger partial charge in [-0.1, -0.05) is 55.4 Å². The Hall–Kier alpha value is 1.82. The van der Waals surface area contributed by atoms with E-state index in [0.29, 0.717) is 10.3 Å². The summed E-state index contributed by atoms with van der Waals surface area (Å²) in [5.41, 5.74) is 0. The molecule has 0 aromatic heterocycles. The molecule has 2 atom stereocenters. The fourth-order valence-corrected chi connectivity index (χ4v) is 7.98. The van der Waals surface area contributed by atoms with Crippen LogP contribution in [-0.2, 0) is 0 Å². The average Bonchev–Trinajstić information content (AvgIpc) is 2.08. The summed E-state index contributed by atoms with van der Waals surface area (Å²) in [6.07, 6.45) is 5.78. The largest absolute Gasteiger partial charge is 0.114 e. The summed E-state index contributed by atoms with van der Waals surface area (Å²) in [6, 6.07) is 0. The summed E-state index contributed by atoms with van der Waals surface area (Å²) in [5, 5.41) is 1.10. The van der Waals surface area contributed by atoms with Crippen molar-refractivity contribution in [1.82, 2.24) is 0 Å². The summed E-state index contributed by atoms with van der Waals surface area (Å²) in [5.74, 6) is 0. The zero-order valence-corrected chi connectivity index (χ0v) is 18.8. The highest BCUT2D eigenvalue weighted by Gasteiger charge is 2.26. The average molecular weight is 424 g/mol. The van der Waals surface area contributed by atoms with Crippen LogP contribution in [0.15, 0.2) is 0 Å². The van der Waals surface area contributed by atoms with E-state index in [4.69, 9.17) is 0 Å². The van der Waals surface area contributed by atoms with Crippen LogP contribution in [0.25, 0.3) is 0 Å². The van der Waals surface area contributed by atoms with Crippen LogP contribution >= 0.6 is 49.8 Å².